The normalized spacial score (nSPS) is 25.4. The van der Waals surface area contributed by atoms with Crippen LogP contribution in [0, 0.1) is 5.92 Å². The molecule has 5 heteroatoms. The summed E-state index contributed by atoms with van der Waals surface area (Å²) in [6.07, 6.45) is 0. The number of carbonyl (C=O) groups is 2. The first-order valence-corrected chi connectivity index (χ1v) is 7.46. The van der Waals surface area contributed by atoms with Gasteiger partial charge >= 0.3 is 5.97 Å². The minimum atomic E-state index is -1.23. The molecule has 2 atom stereocenters. The highest BCUT2D eigenvalue weighted by atomic mass is 16.6. The van der Waals surface area contributed by atoms with Gasteiger partial charge in [0.2, 0.25) is 5.91 Å². The molecule has 0 aliphatic carbocycles. The molecule has 1 aliphatic rings. The van der Waals surface area contributed by atoms with E-state index < -0.39 is 23.0 Å². The second-order valence-electron chi connectivity index (χ2n) is 7.04. The van der Waals surface area contributed by atoms with Crippen molar-refractivity contribution in [2.24, 2.45) is 11.7 Å². The number of esters is 1. The van der Waals surface area contributed by atoms with E-state index in [0.29, 0.717) is 6.54 Å². The van der Waals surface area contributed by atoms with Crippen molar-refractivity contribution >= 4 is 11.9 Å². The third-order valence-electron chi connectivity index (χ3n) is 3.78. The molecule has 0 radical (unpaired) electrons. The highest BCUT2D eigenvalue weighted by Gasteiger charge is 2.52. The Bertz CT molecular complexity index is 561. The number of hydrogen-bond donors (Lipinski definition) is 1. The Hall–Kier alpha value is -1.88. The molecule has 1 fully saturated rings. The van der Waals surface area contributed by atoms with Crippen molar-refractivity contribution < 1.29 is 14.3 Å². The van der Waals surface area contributed by atoms with Gasteiger partial charge in [0, 0.05) is 13.1 Å². The molecule has 1 heterocycles. The van der Waals surface area contributed by atoms with E-state index in [2.05, 4.69) is 0 Å². The molecule has 1 saturated heterocycles. The van der Waals surface area contributed by atoms with Crippen molar-refractivity contribution in [2.45, 2.75) is 45.4 Å². The molecule has 120 valence electrons. The number of likely N-dealkylation sites (tertiary alicyclic amines) is 1. The summed E-state index contributed by atoms with van der Waals surface area (Å²) in [4.78, 5) is 26.5. The van der Waals surface area contributed by atoms with Gasteiger partial charge in [-0.2, -0.15) is 0 Å². The topological polar surface area (TPSA) is 72.6 Å². The lowest BCUT2D eigenvalue weighted by atomic mass is 9.89. The van der Waals surface area contributed by atoms with E-state index in [9.17, 15) is 9.59 Å². The van der Waals surface area contributed by atoms with E-state index in [1.54, 1.807) is 32.6 Å². The summed E-state index contributed by atoms with van der Waals surface area (Å²) in [5.74, 6) is -1.28. The Balaban J connectivity index is 2.14. The van der Waals surface area contributed by atoms with Crippen LogP contribution in [0.25, 0.3) is 0 Å². The molecule has 1 amide bonds. The predicted octanol–water partition coefficient (Wildman–Crippen LogP) is 1.70. The smallest absolute Gasteiger partial charge is 0.313 e. The van der Waals surface area contributed by atoms with Gasteiger partial charge in [0.25, 0.3) is 0 Å². The van der Waals surface area contributed by atoms with Crippen LogP contribution in [0.1, 0.15) is 33.3 Å². The van der Waals surface area contributed by atoms with E-state index >= 15 is 0 Å². The Kier molecular flexibility index (Phi) is 4.29. The first kappa shape index (κ1) is 16.5. The third kappa shape index (κ3) is 3.47. The molecule has 0 spiro atoms. The standard InChI is InChI=1S/C17H24N2O3/c1-16(2,3)22-14(20)13-11-19(15(21)17(13,4)18)10-12-8-6-5-7-9-12/h5-9,13H,10-11,18H2,1-4H3. The monoisotopic (exact) mass is 304 g/mol. The van der Waals surface area contributed by atoms with Crippen molar-refractivity contribution in [3.63, 3.8) is 0 Å². The summed E-state index contributed by atoms with van der Waals surface area (Å²) in [6, 6.07) is 9.65. The van der Waals surface area contributed by atoms with Crippen molar-refractivity contribution in [3.05, 3.63) is 35.9 Å². The fraction of sp³-hybridized carbons (Fsp3) is 0.529. The van der Waals surface area contributed by atoms with Crippen molar-refractivity contribution in [2.75, 3.05) is 6.54 Å². The molecule has 0 saturated carbocycles. The quantitative estimate of drug-likeness (QED) is 0.863. The number of hydrogen-bond acceptors (Lipinski definition) is 4. The summed E-state index contributed by atoms with van der Waals surface area (Å²) < 4.78 is 5.41. The summed E-state index contributed by atoms with van der Waals surface area (Å²) in [6.45, 7) is 7.75. The highest BCUT2D eigenvalue weighted by molar-refractivity contribution is 5.95. The van der Waals surface area contributed by atoms with Gasteiger partial charge in [-0.25, -0.2) is 0 Å². The lowest BCUT2D eigenvalue weighted by molar-refractivity contribution is -0.161. The molecular formula is C17H24N2O3. The van der Waals surface area contributed by atoms with E-state index in [1.165, 1.54) is 0 Å². The number of amides is 1. The summed E-state index contributed by atoms with van der Waals surface area (Å²) in [5.41, 5.74) is 5.33. The second kappa shape index (κ2) is 5.72. The van der Waals surface area contributed by atoms with Gasteiger partial charge in [0.05, 0.1) is 0 Å². The number of benzene rings is 1. The van der Waals surface area contributed by atoms with Crippen LogP contribution in [-0.2, 0) is 20.9 Å². The summed E-state index contributed by atoms with van der Waals surface area (Å²) >= 11 is 0. The zero-order valence-electron chi connectivity index (χ0n) is 13.6. The Morgan fingerprint density at radius 3 is 2.50 bits per heavy atom. The molecule has 2 N–H and O–H groups in total. The van der Waals surface area contributed by atoms with Crippen molar-refractivity contribution in [1.29, 1.82) is 0 Å². The van der Waals surface area contributed by atoms with Gasteiger partial charge in [0.15, 0.2) is 0 Å². The lowest BCUT2D eigenvalue weighted by Crippen LogP contribution is -2.52. The van der Waals surface area contributed by atoms with E-state index in [4.69, 9.17) is 10.5 Å². The second-order valence-corrected chi connectivity index (χ2v) is 7.04. The molecule has 2 unspecified atom stereocenters. The maximum Gasteiger partial charge on any atom is 0.313 e. The van der Waals surface area contributed by atoms with E-state index in [0.717, 1.165) is 5.56 Å². The van der Waals surface area contributed by atoms with Crippen LogP contribution < -0.4 is 5.73 Å². The molecular weight excluding hydrogens is 280 g/mol. The van der Waals surface area contributed by atoms with Gasteiger partial charge in [-0.05, 0) is 33.3 Å². The Morgan fingerprint density at radius 1 is 1.36 bits per heavy atom. The van der Waals surface area contributed by atoms with E-state index in [1.807, 2.05) is 30.3 Å². The van der Waals surface area contributed by atoms with Crippen LogP contribution >= 0.6 is 0 Å². The van der Waals surface area contributed by atoms with Crippen LogP contribution in [0.5, 0.6) is 0 Å². The average Bonchev–Trinajstić information content (AvgIpc) is 2.62. The summed E-state index contributed by atoms with van der Waals surface area (Å²) in [5, 5.41) is 0. The maximum atomic E-state index is 12.5. The molecule has 0 bridgehead atoms. The van der Waals surface area contributed by atoms with Crippen LogP contribution in [-0.4, -0.2) is 34.5 Å². The molecule has 1 aliphatic heterocycles. The van der Waals surface area contributed by atoms with Crippen LogP contribution in [0.15, 0.2) is 30.3 Å². The lowest BCUT2D eigenvalue weighted by Gasteiger charge is -2.26. The SMILES string of the molecule is CC(C)(C)OC(=O)C1CN(Cc2ccccc2)C(=O)C1(C)N. The molecule has 1 aromatic carbocycles. The number of rotatable bonds is 3. The number of nitrogens with two attached hydrogens (primary N) is 1. The molecule has 1 aromatic rings. The number of ether oxygens (including phenoxy) is 1. The minimum absolute atomic E-state index is 0.216. The fourth-order valence-corrected chi connectivity index (χ4v) is 2.62. The molecule has 0 aromatic heterocycles. The van der Waals surface area contributed by atoms with Crippen LogP contribution in [0.2, 0.25) is 0 Å². The minimum Gasteiger partial charge on any atom is -0.460 e. The van der Waals surface area contributed by atoms with Gasteiger partial charge in [-0.1, -0.05) is 30.3 Å². The summed E-state index contributed by atoms with van der Waals surface area (Å²) in [7, 11) is 0. The van der Waals surface area contributed by atoms with Crippen LogP contribution in [0.4, 0.5) is 0 Å². The zero-order chi connectivity index (χ0) is 16.5. The Morgan fingerprint density at radius 2 is 1.95 bits per heavy atom. The third-order valence-corrected chi connectivity index (χ3v) is 3.78. The number of carbonyl (C=O) groups excluding carboxylic acids is 2. The molecule has 22 heavy (non-hydrogen) atoms. The number of nitrogens with zero attached hydrogens (tertiary/aromatic N) is 1. The molecule has 2 rings (SSSR count). The van der Waals surface area contributed by atoms with Gasteiger partial charge < -0.3 is 15.4 Å². The van der Waals surface area contributed by atoms with E-state index in [-0.39, 0.29) is 12.5 Å². The fourth-order valence-electron chi connectivity index (χ4n) is 2.62. The van der Waals surface area contributed by atoms with Gasteiger partial charge in [-0.15, -0.1) is 0 Å². The van der Waals surface area contributed by atoms with Gasteiger partial charge in [0.1, 0.15) is 17.1 Å². The maximum absolute atomic E-state index is 12.5. The first-order valence-electron chi connectivity index (χ1n) is 7.46. The Labute approximate surface area is 131 Å². The van der Waals surface area contributed by atoms with Crippen molar-refractivity contribution in [3.8, 4) is 0 Å². The highest BCUT2D eigenvalue weighted by Crippen LogP contribution is 2.30. The zero-order valence-corrected chi connectivity index (χ0v) is 13.6. The predicted molar refractivity (Wildman–Crippen MR) is 83.8 cm³/mol. The molecule has 5 nitrogen and oxygen atoms in total. The van der Waals surface area contributed by atoms with Crippen molar-refractivity contribution in [1.82, 2.24) is 4.90 Å². The average molecular weight is 304 g/mol. The first-order chi connectivity index (χ1) is 10.1. The largest absolute Gasteiger partial charge is 0.460 e. The van der Waals surface area contributed by atoms with Crippen LogP contribution in [0.3, 0.4) is 0 Å². The van der Waals surface area contributed by atoms with Gasteiger partial charge in [-0.3, -0.25) is 9.59 Å².